The van der Waals surface area contributed by atoms with Gasteiger partial charge < -0.3 is 9.84 Å². The summed E-state index contributed by atoms with van der Waals surface area (Å²) in [5, 5.41) is 5.97. The summed E-state index contributed by atoms with van der Waals surface area (Å²) in [5.41, 5.74) is 4.26. The molecule has 34 heavy (non-hydrogen) atoms. The van der Waals surface area contributed by atoms with Crippen LogP contribution in [0.25, 0.3) is 11.1 Å². The van der Waals surface area contributed by atoms with E-state index in [4.69, 9.17) is 5.50 Å². The van der Waals surface area contributed by atoms with Crippen molar-refractivity contribution in [1.82, 2.24) is 9.78 Å². The van der Waals surface area contributed by atoms with Crippen molar-refractivity contribution in [1.29, 1.82) is 0 Å². The van der Waals surface area contributed by atoms with Crippen LogP contribution in [0.2, 0.25) is 0 Å². The number of carbonyl (C=O) groups is 1. The lowest BCUT2D eigenvalue weighted by molar-refractivity contribution is 0.101. The first-order valence-electron chi connectivity index (χ1n) is 9.27. The molecule has 7 nitrogen and oxygen atoms in total. The Bertz CT molecular complexity index is 1190. The number of nitrogens with zero attached hydrogens (tertiary/aromatic N) is 2. The lowest BCUT2D eigenvalue weighted by Crippen LogP contribution is -2.14. The number of para-hydroxylation sites is 1. The molecule has 1 atom stereocenters. The van der Waals surface area contributed by atoms with Gasteiger partial charge in [-0.2, -0.15) is 5.10 Å². The van der Waals surface area contributed by atoms with Gasteiger partial charge in [0, 0.05) is 31.6 Å². The minimum absolute atomic E-state index is 0.0254. The minimum atomic E-state index is -2.96. The fourth-order valence-corrected chi connectivity index (χ4v) is 3.26. The molecule has 3 rings (SSSR count). The van der Waals surface area contributed by atoms with Gasteiger partial charge in [-0.25, -0.2) is 22.0 Å². The standard InChI is InChI=1S/C18H12F5N3O.C2H8NO2PS/c1-26-8-11(16(25-26)17(22)23)18(27)24-14-5-3-2-4-10(14)9-6-12(19)15(21)13(20)7-9;1-5-6(3,4)7-2/h2-8,17H,1H3,(H,24,27);1-2H3,(H2,3,4). The maximum absolute atomic E-state index is 13.5. The fraction of sp³-hybridized carbons (Fsp3) is 0.200. The average molecular weight is 522 g/mol. The zero-order chi connectivity index (χ0) is 25.6. The Morgan fingerprint density at radius 1 is 1.21 bits per heavy atom. The van der Waals surface area contributed by atoms with E-state index in [2.05, 4.69) is 14.9 Å². The van der Waals surface area contributed by atoms with E-state index in [1.165, 1.54) is 32.4 Å². The second kappa shape index (κ2) is 11.6. The normalized spacial score (nSPS) is 12.6. The van der Waals surface area contributed by atoms with Crippen LogP contribution in [0, 0.1) is 17.5 Å². The lowest BCUT2D eigenvalue weighted by Gasteiger charge is -2.12. The number of aryl methyl sites for hydroxylation is 1. The zero-order valence-corrected chi connectivity index (χ0v) is 19.8. The first-order chi connectivity index (χ1) is 15.9. The van der Waals surface area contributed by atoms with Gasteiger partial charge in [0.25, 0.3) is 12.3 Å². The molecule has 2 aromatic carbocycles. The molecule has 0 aliphatic carbocycles. The molecular formula is C20H20F5N4O3PS. The summed E-state index contributed by atoms with van der Waals surface area (Å²) in [4.78, 5) is 12.4. The number of anilines is 1. The van der Waals surface area contributed by atoms with Gasteiger partial charge in [0.2, 0.25) is 0 Å². The SMILES string of the molecule is COP(N)(=O)SC.Cn1cc(C(=O)Nc2ccccc2-c2cc(F)c(F)c(F)c2)c(C(F)F)n1. The minimum Gasteiger partial charge on any atom is -0.321 e. The molecule has 0 saturated heterocycles. The smallest absolute Gasteiger partial charge is 0.321 e. The summed E-state index contributed by atoms with van der Waals surface area (Å²) < 4.78 is 82.2. The number of rotatable bonds is 6. The van der Waals surface area contributed by atoms with Crippen molar-refractivity contribution in [2.75, 3.05) is 18.7 Å². The molecule has 0 saturated carbocycles. The van der Waals surface area contributed by atoms with E-state index in [1.54, 1.807) is 12.3 Å². The van der Waals surface area contributed by atoms with Crippen LogP contribution in [0.3, 0.4) is 0 Å². The molecule has 1 aromatic heterocycles. The highest BCUT2D eigenvalue weighted by atomic mass is 32.7. The second-order valence-electron chi connectivity index (χ2n) is 6.56. The largest absolute Gasteiger partial charge is 0.323 e. The first-order valence-corrected chi connectivity index (χ1v) is 12.8. The molecule has 0 fully saturated rings. The van der Waals surface area contributed by atoms with E-state index in [0.717, 1.165) is 34.4 Å². The van der Waals surface area contributed by atoms with Gasteiger partial charge in [-0.15, -0.1) is 0 Å². The molecule has 0 spiro atoms. The third kappa shape index (κ3) is 6.89. The van der Waals surface area contributed by atoms with E-state index >= 15 is 0 Å². The summed E-state index contributed by atoms with van der Waals surface area (Å²) in [6, 6.07) is 7.49. The molecule has 0 bridgehead atoms. The van der Waals surface area contributed by atoms with E-state index in [0.29, 0.717) is 0 Å². The van der Waals surface area contributed by atoms with Gasteiger partial charge in [-0.1, -0.05) is 29.6 Å². The zero-order valence-electron chi connectivity index (χ0n) is 18.1. The van der Waals surface area contributed by atoms with Crippen molar-refractivity contribution in [2.24, 2.45) is 12.6 Å². The number of halogens is 5. The topological polar surface area (TPSA) is 99.2 Å². The Balaban J connectivity index is 0.000000509. The Labute approximate surface area is 195 Å². The maximum Gasteiger partial charge on any atom is 0.323 e. The Hall–Kier alpha value is -2.73. The number of benzene rings is 2. The van der Waals surface area contributed by atoms with E-state index in [9.17, 15) is 31.3 Å². The number of amides is 1. The Kier molecular flexibility index (Phi) is 9.39. The third-order valence-electron chi connectivity index (χ3n) is 4.29. The third-order valence-corrected chi connectivity index (χ3v) is 7.28. The van der Waals surface area contributed by atoms with Gasteiger partial charge in [0.15, 0.2) is 17.5 Å². The van der Waals surface area contributed by atoms with Crippen LogP contribution in [0.4, 0.5) is 27.6 Å². The van der Waals surface area contributed by atoms with Crippen LogP contribution < -0.4 is 10.8 Å². The van der Waals surface area contributed by atoms with Crippen molar-refractivity contribution in [3.05, 3.63) is 71.3 Å². The predicted molar refractivity (Wildman–Crippen MR) is 120 cm³/mol. The predicted octanol–water partition coefficient (Wildman–Crippen LogP) is 5.76. The molecule has 0 aliphatic rings. The highest BCUT2D eigenvalue weighted by Crippen LogP contribution is 2.48. The summed E-state index contributed by atoms with van der Waals surface area (Å²) in [6.07, 6.45) is -0.177. The summed E-state index contributed by atoms with van der Waals surface area (Å²) >= 11 is 1.04. The first kappa shape index (κ1) is 27.5. The van der Waals surface area contributed by atoms with E-state index in [-0.39, 0.29) is 22.4 Å². The quantitative estimate of drug-likeness (QED) is 0.243. The summed E-state index contributed by atoms with van der Waals surface area (Å²) in [6.45, 7) is -2.74. The van der Waals surface area contributed by atoms with Crippen LogP contribution in [0.1, 0.15) is 22.5 Å². The molecule has 1 heterocycles. The molecule has 14 heteroatoms. The number of carbonyl (C=O) groups excluding carboxylic acids is 1. The van der Waals surface area contributed by atoms with Crippen LogP contribution >= 0.6 is 18.1 Å². The number of aromatic nitrogens is 2. The van der Waals surface area contributed by atoms with Crippen molar-refractivity contribution in [3.8, 4) is 11.1 Å². The van der Waals surface area contributed by atoms with Crippen LogP contribution in [0.5, 0.6) is 0 Å². The van der Waals surface area contributed by atoms with Crippen LogP contribution in [-0.4, -0.2) is 29.1 Å². The Morgan fingerprint density at radius 2 is 1.79 bits per heavy atom. The van der Waals surface area contributed by atoms with Gasteiger partial charge in [0.1, 0.15) is 5.69 Å². The number of nitrogens with one attached hydrogen (secondary N) is 1. The molecule has 1 amide bonds. The van der Waals surface area contributed by atoms with Gasteiger partial charge >= 0.3 is 6.72 Å². The monoisotopic (exact) mass is 522 g/mol. The van der Waals surface area contributed by atoms with E-state index in [1.807, 2.05) is 0 Å². The fourth-order valence-electron chi connectivity index (χ4n) is 2.66. The summed E-state index contributed by atoms with van der Waals surface area (Å²) in [7, 11) is 2.72. The molecule has 184 valence electrons. The summed E-state index contributed by atoms with van der Waals surface area (Å²) in [5.74, 6) is -5.26. The van der Waals surface area contributed by atoms with Crippen molar-refractivity contribution in [3.63, 3.8) is 0 Å². The van der Waals surface area contributed by atoms with Crippen LogP contribution in [-0.2, 0) is 16.1 Å². The van der Waals surface area contributed by atoms with Gasteiger partial charge in [-0.05, 0) is 30.0 Å². The lowest BCUT2D eigenvalue weighted by atomic mass is 10.0. The molecule has 3 N–H and O–H groups in total. The maximum atomic E-state index is 13.5. The highest BCUT2D eigenvalue weighted by molar-refractivity contribution is 8.55. The Morgan fingerprint density at radius 3 is 2.29 bits per heavy atom. The number of nitrogens with two attached hydrogens (primary N) is 1. The van der Waals surface area contributed by atoms with Gasteiger partial charge in [-0.3, -0.25) is 19.5 Å². The average Bonchev–Trinajstić information content (AvgIpc) is 3.20. The molecule has 0 radical (unpaired) electrons. The number of hydrogen-bond donors (Lipinski definition) is 2. The second-order valence-corrected chi connectivity index (χ2v) is 11.0. The van der Waals surface area contributed by atoms with Crippen LogP contribution in [0.15, 0.2) is 42.6 Å². The van der Waals surface area contributed by atoms with Crippen molar-refractivity contribution < 1.29 is 35.8 Å². The number of hydrogen-bond acceptors (Lipinski definition) is 5. The van der Waals surface area contributed by atoms with E-state index < -0.39 is 42.2 Å². The van der Waals surface area contributed by atoms with Crippen molar-refractivity contribution in [2.45, 2.75) is 6.43 Å². The molecular weight excluding hydrogens is 502 g/mol. The molecule has 0 aliphatic heterocycles. The van der Waals surface area contributed by atoms with Gasteiger partial charge in [0.05, 0.1) is 5.56 Å². The van der Waals surface area contributed by atoms with Crippen molar-refractivity contribution >= 4 is 29.7 Å². The molecule has 3 aromatic rings. The molecule has 1 unspecified atom stereocenters. The number of alkyl halides is 2. The highest BCUT2D eigenvalue weighted by Gasteiger charge is 2.23.